The summed E-state index contributed by atoms with van der Waals surface area (Å²) in [7, 11) is 0. The normalized spacial score (nSPS) is 25.2. The Bertz CT molecular complexity index is 946. The van der Waals surface area contributed by atoms with Gasteiger partial charge in [-0.1, -0.05) is 55.8 Å². The minimum absolute atomic E-state index is 0.111. The minimum Gasteiger partial charge on any atom is -0.305 e. The van der Waals surface area contributed by atoms with Crippen LogP contribution in [0.25, 0.3) is 0 Å². The number of para-hydroxylation sites is 1. The molecule has 0 bridgehead atoms. The van der Waals surface area contributed by atoms with Crippen LogP contribution in [0.5, 0.6) is 0 Å². The molecular weight excluding hydrogens is 404 g/mol. The molecule has 1 saturated heterocycles. The van der Waals surface area contributed by atoms with E-state index in [1.807, 2.05) is 12.1 Å². The van der Waals surface area contributed by atoms with Crippen molar-refractivity contribution in [3.63, 3.8) is 0 Å². The van der Waals surface area contributed by atoms with Crippen molar-refractivity contribution in [3.05, 3.63) is 64.7 Å². The Labute approximate surface area is 192 Å². The van der Waals surface area contributed by atoms with Crippen LogP contribution < -0.4 is 4.90 Å². The van der Waals surface area contributed by atoms with Gasteiger partial charge in [-0.3, -0.25) is 9.69 Å². The summed E-state index contributed by atoms with van der Waals surface area (Å²) in [6.07, 6.45) is 3.20. The number of rotatable bonds is 3. The zero-order valence-corrected chi connectivity index (χ0v) is 20.2. The Morgan fingerprint density at radius 1 is 1.03 bits per heavy atom. The fourth-order valence-electron chi connectivity index (χ4n) is 5.75. The molecule has 2 heterocycles. The molecule has 2 unspecified atom stereocenters. The molecule has 2 aliphatic heterocycles. The molecule has 0 saturated carbocycles. The third kappa shape index (κ3) is 4.03. The van der Waals surface area contributed by atoms with Gasteiger partial charge >= 0.3 is 0 Å². The van der Waals surface area contributed by atoms with E-state index >= 15 is 0 Å². The lowest BCUT2D eigenvalue weighted by Crippen LogP contribution is -2.60. The lowest BCUT2D eigenvalue weighted by Gasteiger charge is -2.52. The number of nitrogens with zero attached hydrogens (tertiary/aromatic N) is 2. The molecule has 4 rings (SSSR count). The van der Waals surface area contributed by atoms with E-state index in [0.717, 1.165) is 36.1 Å². The maximum absolute atomic E-state index is 13.9. The Morgan fingerprint density at radius 3 is 2.29 bits per heavy atom. The Balaban J connectivity index is 1.73. The largest absolute Gasteiger partial charge is 0.305 e. The SMILES string of the molecule is CC1CCN(C(C)C(=O)N2c3ccccc3C(C)(c3ccc(Cl)cc3)CC2(C)C)CC1. The highest BCUT2D eigenvalue weighted by atomic mass is 35.5. The van der Waals surface area contributed by atoms with Crippen LogP contribution in [0.15, 0.2) is 48.5 Å². The molecule has 0 N–H and O–H groups in total. The van der Waals surface area contributed by atoms with Gasteiger partial charge in [-0.05, 0) is 88.4 Å². The van der Waals surface area contributed by atoms with Crippen LogP contribution in [-0.2, 0) is 10.2 Å². The fraction of sp³-hybridized carbons (Fsp3) is 0.519. The summed E-state index contributed by atoms with van der Waals surface area (Å²) in [5, 5.41) is 0.747. The van der Waals surface area contributed by atoms with Crippen LogP contribution in [0.3, 0.4) is 0 Å². The van der Waals surface area contributed by atoms with Crippen LogP contribution in [0.4, 0.5) is 5.69 Å². The molecule has 1 fully saturated rings. The number of hydrogen-bond acceptors (Lipinski definition) is 2. The number of benzene rings is 2. The van der Waals surface area contributed by atoms with E-state index in [2.05, 4.69) is 80.8 Å². The molecule has 2 aromatic rings. The van der Waals surface area contributed by atoms with Gasteiger partial charge in [-0.25, -0.2) is 0 Å². The molecule has 0 radical (unpaired) electrons. The van der Waals surface area contributed by atoms with E-state index in [1.54, 1.807) is 0 Å². The molecule has 4 heteroatoms. The molecule has 2 aliphatic rings. The molecule has 166 valence electrons. The second kappa shape index (κ2) is 8.26. The van der Waals surface area contributed by atoms with Crippen molar-refractivity contribution < 1.29 is 4.79 Å². The second-order valence-corrected chi connectivity index (χ2v) is 10.8. The summed E-state index contributed by atoms with van der Waals surface area (Å²) in [5.74, 6) is 0.968. The topological polar surface area (TPSA) is 23.6 Å². The minimum atomic E-state index is -0.308. The van der Waals surface area contributed by atoms with Gasteiger partial charge in [0.15, 0.2) is 0 Å². The second-order valence-electron chi connectivity index (χ2n) is 10.4. The number of amides is 1. The van der Waals surface area contributed by atoms with Gasteiger partial charge in [-0.15, -0.1) is 0 Å². The van der Waals surface area contributed by atoms with Gasteiger partial charge in [-0.2, -0.15) is 0 Å². The van der Waals surface area contributed by atoms with Gasteiger partial charge in [0.1, 0.15) is 0 Å². The average Bonchev–Trinajstić information content (AvgIpc) is 2.73. The summed E-state index contributed by atoms with van der Waals surface area (Å²) in [6.45, 7) is 13.1. The van der Waals surface area contributed by atoms with Crippen LogP contribution >= 0.6 is 11.6 Å². The van der Waals surface area contributed by atoms with Crippen molar-refractivity contribution in [3.8, 4) is 0 Å². The van der Waals surface area contributed by atoms with E-state index in [1.165, 1.54) is 24.0 Å². The third-order valence-corrected chi connectivity index (χ3v) is 7.81. The molecule has 0 aliphatic carbocycles. The van der Waals surface area contributed by atoms with Gasteiger partial charge < -0.3 is 4.90 Å². The highest BCUT2D eigenvalue weighted by molar-refractivity contribution is 6.30. The monoisotopic (exact) mass is 438 g/mol. The summed E-state index contributed by atoms with van der Waals surface area (Å²) < 4.78 is 0. The Kier molecular flexibility index (Phi) is 5.95. The van der Waals surface area contributed by atoms with Crippen LogP contribution in [0.1, 0.15) is 65.0 Å². The Morgan fingerprint density at radius 2 is 1.65 bits per heavy atom. The average molecular weight is 439 g/mol. The number of anilines is 1. The summed E-state index contributed by atoms with van der Waals surface area (Å²) >= 11 is 6.18. The van der Waals surface area contributed by atoms with Gasteiger partial charge in [0.2, 0.25) is 5.91 Å². The number of fused-ring (bicyclic) bond motifs is 1. The van der Waals surface area contributed by atoms with Crippen molar-refractivity contribution in [1.82, 2.24) is 4.90 Å². The highest BCUT2D eigenvalue weighted by Gasteiger charge is 2.48. The Hall–Kier alpha value is -1.84. The molecule has 2 atom stereocenters. The van der Waals surface area contributed by atoms with Crippen molar-refractivity contribution in [2.75, 3.05) is 18.0 Å². The molecule has 3 nitrogen and oxygen atoms in total. The number of piperidine rings is 1. The predicted molar refractivity (Wildman–Crippen MR) is 130 cm³/mol. The first kappa shape index (κ1) is 22.4. The molecule has 2 aromatic carbocycles. The molecule has 0 aromatic heterocycles. The van der Waals surface area contributed by atoms with Crippen LogP contribution in [0.2, 0.25) is 5.02 Å². The number of likely N-dealkylation sites (tertiary alicyclic amines) is 1. The zero-order chi connectivity index (χ0) is 22.4. The van der Waals surface area contributed by atoms with Crippen LogP contribution in [0, 0.1) is 5.92 Å². The number of carbonyl (C=O) groups excluding carboxylic acids is 1. The first-order valence-electron chi connectivity index (χ1n) is 11.6. The summed E-state index contributed by atoms with van der Waals surface area (Å²) in [4.78, 5) is 18.4. The van der Waals surface area contributed by atoms with E-state index < -0.39 is 0 Å². The first-order valence-corrected chi connectivity index (χ1v) is 11.9. The first-order chi connectivity index (χ1) is 14.6. The maximum atomic E-state index is 13.9. The molecule has 0 spiro atoms. The van der Waals surface area contributed by atoms with Crippen molar-refractivity contribution in [2.24, 2.45) is 5.92 Å². The van der Waals surface area contributed by atoms with E-state index in [0.29, 0.717) is 0 Å². The maximum Gasteiger partial charge on any atom is 0.244 e. The van der Waals surface area contributed by atoms with Crippen molar-refractivity contribution in [1.29, 1.82) is 0 Å². The lowest BCUT2D eigenvalue weighted by atomic mass is 9.65. The quantitative estimate of drug-likeness (QED) is 0.562. The molecule has 1 amide bonds. The summed E-state index contributed by atoms with van der Waals surface area (Å²) in [6, 6.07) is 16.5. The van der Waals surface area contributed by atoms with Gasteiger partial charge in [0.25, 0.3) is 0 Å². The van der Waals surface area contributed by atoms with E-state index in [-0.39, 0.29) is 22.9 Å². The number of halogens is 1. The standard InChI is InChI=1S/C27H35ClN2O/c1-19-14-16-29(17-15-19)20(2)25(31)30-24-9-7-6-8-23(24)27(5,18-26(30,3)4)21-10-12-22(28)13-11-21/h6-13,19-20H,14-18H2,1-5H3. The number of carbonyl (C=O) groups is 1. The smallest absolute Gasteiger partial charge is 0.244 e. The zero-order valence-electron chi connectivity index (χ0n) is 19.5. The van der Waals surface area contributed by atoms with Gasteiger partial charge in [0, 0.05) is 21.7 Å². The van der Waals surface area contributed by atoms with E-state index in [4.69, 9.17) is 11.6 Å². The van der Waals surface area contributed by atoms with Crippen molar-refractivity contribution in [2.45, 2.75) is 70.9 Å². The lowest BCUT2D eigenvalue weighted by molar-refractivity contribution is -0.125. The predicted octanol–water partition coefficient (Wildman–Crippen LogP) is 6.28. The van der Waals surface area contributed by atoms with Gasteiger partial charge in [0.05, 0.1) is 6.04 Å². The molecule has 31 heavy (non-hydrogen) atoms. The van der Waals surface area contributed by atoms with Crippen molar-refractivity contribution >= 4 is 23.2 Å². The highest BCUT2D eigenvalue weighted by Crippen LogP contribution is 2.50. The number of hydrogen-bond donors (Lipinski definition) is 0. The fourth-order valence-corrected chi connectivity index (χ4v) is 5.88. The van der Waals surface area contributed by atoms with E-state index in [9.17, 15) is 4.79 Å². The third-order valence-electron chi connectivity index (χ3n) is 7.56. The summed E-state index contributed by atoms with van der Waals surface area (Å²) in [5.41, 5.74) is 2.99. The van der Waals surface area contributed by atoms with Crippen LogP contribution in [-0.4, -0.2) is 35.5 Å². The molecular formula is C27H35ClN2O.